The molecule has 1 unspecified atom stereocenters. The topological polar surface area (TPSA) is 52.4 Å². The van der Waals surface area contributed by atoms with Gasteiger partial charge in [0.1, 0.15) is 5.75 Å². The van der Waals surface area contributed by atoms with E-state index in [0.29, 0.717) is 21.9 Å². The molecule has 106 valence electrons. The largest absolute Gasteiger partial charge is 0.473 e. The molecule has 4 nitrogen and oxygen atoms in total. The first-order valence-corrected chi connectivity index (χ1v) is 7.30. The SMILES string of the molecule is O=[N+]([O-])C1=Cc2cccc(Br)c2OC1c1ccc(Cl)cc1. The van der Waals surface area contributed by atoms with Gasteiger partial charge in [-0.2, -0.15) is 0 Å². The van der Waals surface area contributed by atoms with E-state index in [0.717, 1.165) is 4.47 Å². The maximum atomic E-state index is 11.3. The number of halogens is 2. The lowest BCUT2D eigenvalue weighted by Gasteiger charge is -2.23. The highest BCUT2D eigenvalue weighted by molar-refractivity contribution is 9.10. The number of benzene rings is 2. The van der Waals surface area contributed by atoms with Crippen LogP contribution in [0.15, 0.2) is 52.6 Å². The van der Waals surface area contributed by atoms with Crippen molar-refractivity contribution in [2.45, 2.75) is 6.10 Å². The van der Waals surface area contributed by atoms with Crippen molar-refractivity contribution < 1.29 is 9.66 Å². The van der Waals surface area contributed by atoms with Gasteiger partial charge in [-0.05, 0) is 34.1 Å². The third-order valence-corrected chi connectivity index (χ3v) is 4.07. The summed E-state index contributed by atoms with van der Waals surface area (Å²) in [5, 5.41) is 11.9. The number of hydrogen-bond donors (Lipinski definition) is 0. The molecule has 0 spiro atoms. The van der Waals surface area contributed by atoms with Crippen molar-refractivity contribution in [1.29, 1.82) is 0 Å². The van der Waals surface area contributed by atoms with Crippen molar-refractivity contribution in [2.75, 3.05) is 0 Å². The first-order chi connectivity index (χ1) is 10.1. The summed E-state index contributed by atoms with van der Waals surface area (Å²) in [5.74, 6) is 0.600. The summed E-state index contributed by atoms with van der Waals surface area (Å²) in [7, 11) is 0. The van der Waals surface area contributed by atoms with Crippen molar-refractivity contribution in [3.63, 3.8) is 0 Å². The zero-order valence-electron chi connectivity index (χ0n) is 10.6. The third kappa shape index (κ3) is 2.66. The molecule has 6 heteroatoms. The Balaban J connectivity index is 2.11. The number of rotatable bonds is 2. The van der Waals surface area contributed by atoms with Gasteiger partial charge in [0.2, 0.25) is 6.10 Å². The van der Waals surface area contributed by atoms with Gasteiger partial charge in [-0.3, -0.25) is 10.1 Å². The van der Waals surface area contributed by atoms with Crippen LogP contribution < -0.4 is 4.74 Å². The Morgan fingerprint density at radius 2 is 1.90 bits per heavy atom. The lowest BCUT2D eigenvalue weighted by atomic mass is 10.0. The number of hydrogen-bond acceptors (Lipinski definition) is 3. The van der Waals surface area contributed by atoms with Crippen LogP contribution in [0.3, 0.4) is 0 Å². The van der Waals surface area contributed by atoms with Crippen molar-refractivity contribution in [2.24, 2.45) is 0 Å². The average molecular weight is 367 g/mol. The molecule has 1 aliphatic heterocycles. The minimum atomic E-state index is -0.761. The smallest absolute Gasteiger partial charge is 0.291 e. The van der Waals surface area contributed by atoms with E-state index in [-0.39, 0.29) is 5.70 Å². The molecular formula is C15H9BrClNO3. The highest BCUT2D eigenvalue weighted by Gasteiger charge is 2.33. The van der Waals surface area contributed by atoms with Crippen LogP contribution in [0.1, 0.15) is 17.2 Å². The molecule has 3 rings (SSSR count). The van der Waals surface area contributed by atoms with Gasteiger partial charge in [-0.15, -0.1) is 0 Å². The van der Waals surface area contributed by atoms with Crippen molar-refractivity contribution in [1.82, 2.24) is 0 Å². The molecule has 2 aromatic rings. The molecular weight excluding hydrogens is 358 g/mol. The van der Waals surface area contributed by atoms with Crippen molar-refractivity contribution in [3.8, 4) is 5.75 Å². The molecule has 0 N–H and O–H groups in total. The van der Waals surface area contributed by atoms with E-state index in [1.54, 1.807) is 36.4 Å². The summed E-state index contributed by atoms with van der Waals surface area (Å²) < 4.78 is 6.62. The fourth-order valence-corrected chi connectivity index (χ4v) is 2.80. The van der Waals surface area contributed by atoms with Crippen LogP contribution in [-0.4, -0.2) is 4.92 Å². The predicted octanol–water partition coefficient (Wildman–Crippen LogP) is 4.85. The minimum absolute atomic E-state index is 0.00271. The summed E-state index contributed by atoms with van der Waals surface area (Å²) in [6.07, 6.45) is 0.784. The number of fused-ring (bicyclic) bond motifs is 1. The monoisotopic (exact) mass is 365 g/mol. The molecule has 2 aromatic carbocycles. The summed E-state index contributed by atoms with van der Waals surface area (Å²) in [6.45, 7) is 0. The van der Waals surface area contributed by atoms with Crippen LogP contribution in [0, 0.1) is 10.1 Å². The second-order valence-electron chi connectivity index (χ2n) is 4.53. The summed E-state index contributed by atoms with van der Waals surface area (Å²) in [5.41, 5.74) is 1.37. The van der Waals surface area contributed by atoms with E-state index < -0.39 is 11.0 Å². The Hall–Kier alpha value is -1.85. The Labute approximate surface area is 134 Å². The molecule has 0 radical (unpaired) electrons. The van der Waals surface area contributed by atoms with E-state index in [1.807, 2.05) is 12.1 Å². The molecule has 21 heavy (non-hydrogen) atoms. The fourth-order valence-electron chi connectivity index (χ4n) is 2.20. The second-order valence-corrected chi connectivity index (χ2v) is 5.82. The van der Waals surface area contributed by atoms with Crippen molar-refractivity contribution in [3.05, 3.63) is 78.9 Å². The lowest BCUT2D eigenvalue weighted by Crippen LogP contribution is -2.19. The van der Waals surface area contributed by atoms with E-state index >= 15 is 0 Å². The Morgan fingerprint density at radius 3 is 2.57 bits per heavy atom. The van der Waals surface area contributed by atoms with Gasteiger partial charge in [0.25, 0.3) is 5.70 Å². The van der Waals surface area contributed by atoms with Crippen LogP contribution in [-0.2, 0) is 0 Å². The number of nitrogens with zero attached hydrogens (tertiary/aromatic N) is 1. The Kier molecular flexibility index (Phi) is 3.69. The van der Waals surface area contributed by atoms with E-state index in [9.17, 15) is 10.1 Å². The molecule has 1 aliphatic rings. The number of para-hydroxylation sites is 1. The summed E-state index contributed by atoms with van der Waals surface area (Å²) in [6, 6.07) is 12.3. The molecule has 0 aromatic heterocycles. The maximum Gasteiger partial charge on any atom is 0.291 e. The predicted molar refractivity (Wildman–Crippen MR) is 83.9 cm³/mol. The molecule has 0 bridgehead atoms. The van der Waals surface area contributed by atoms with E-state index in [4.69, 9.17) is 16.3 Å². The molecule has 0 saturated heterocycles. The van der Waals surface area contributed by atoms with Gasteiger partial charge in [0, 0.05) is 22.2 Å². The highest BCUT2D eigenvalue weighted by Crippen LogP contribution is 2.41. The van der Waals surface area contributed by atoms with Gasteiger partial charge in [-0.25, -0.2) is 0 Å². The van der Waals surface area contributed by atoms with Crippen LogP contribution in [0.5, 0.6) is 5.75 Å². The highest BCUT2D eigenvalue weighted by atomic mass is 79.9. The molecule has 1 atom stereocenters. The van der Waals surface area contributed by atoms with Crippen molar-refractivity contribution >= 4 is 33.6 Å². The third-order valence-electron chi connectivity index (χ3n) is 3.19. The minimum Gasteiger partial charge on any atom is -0.473 e. The van der Waals surface area contributed by atoms with Gasteiger partial charge in [0.05, 0.1) is 9.40 Å². The first kappa shape index (κ1) is 14.1. The standard InChI is InChI=1S/C15H9BrClNO3/c16-12-3-1-2-10-8-13(18(19)20)15(21-14(10)12)9-4-6-11(17)7-5-9/h1-8,15H. The Bertz CT molecular complexity index is 743. The van der Waals surface area contributed by atoms with Crippen LogP contribution >= 0.6 is 27.5 Å². The molecule has 1 heterocycles. The fraction of sp³-hybridized carbons (Fsp3) is 0.0667. The molecule has 0 aliphatic carbocycles. The van der Waals surface area contributed by atoms with Crippen LogP contribution in [0.4, 0.5) is 0 Å². The summed E-state index contributed by atoms with van der Waals surface area (Å²) >= 11 is 9.26. The number of nitro groups is 1. The normalized spacial score (nSPS) is 16.7. The zero-order valence-corrected chi connectivity index (χ0v) is 13.0. The zero-order chi connectivity index (χ0) is 15.0. The van der Waals surface area contributed by atoms with Gasteiger partial charge < -0.3 is 4.74 Å². The lowest BCUT2D eigenvalue weighted by molar-refractivity contribution is -0.434. The first-order valence-electron chi connectivity index (χ1n) is 6.13. The molecule has 0 saturated carbocycles. The van der Waals surface area contributed by atoms with Gasteiger partial charge in [-0.1, -0.05) is 35.9 Å². The second kappa shape index (κ2) is 5.50. The van der Waals surface area contributed by atoms with Gasteiger partial charge >= 0.3 is 0 Å². The maximum absolute atomic E-state index is 11.3. The average Bonchev–Trinajstić information content (AvgIpc) is 2.47. The molecule has 0 amide bonds. The summed E-state index contributed by atoms with van der Waals surface area (Å²) in [4.78, 5) is 10.9. The number of ether oxygens (including phenoxy) is 1. The van der Waals surface area contributed by atoms with Crippen LogP contribution in [0.2, 0.25) is 5.02 Å². The van der Waals surface area contributed by atoms with Gasteiger partial charge in [0.15, 0.2) is 0 Å². The quantitative estimate of drug-likeness (QED) is 0.564. The van der Waals surface area contributed by atoms with Crippen LogP contribution in [0.25, 0.3) is 6.08 Å². The molecule has 0 fully saturated rings. The van der Waals surface area contributed by atoms with E-state index in [1.165, 1.54) is 0 Å². The van der Waals surface area contributed by atoms with E-state index in [2.05, 4.69) is 15.9 Å². The Morgan fingerprint density at radius 1 is 1.19 bits per heavy atom.